The standard InChI is InChI=1S/C17H13ClF3N5O2/c1-2-22-16(28)14-15(17(19,20)21)26(24-23-14)12-5-3-11(4-6-12)25-8-7-10(18)9-13(25)27/h3-9H,2H2,1H3,(H,22,28). The summed E-state index contributed by atoms with van der Waals surface area (Å²) in [5.74, 6) is -0.967. The van der Waals surface area contributed by atoms with E-state index in [4.69, 9.17) is 11.6 Å². The number of benzene rings is 1. The monoisotopic (exact) mass is 411 g/mol. The molecule has 11 heteroatoms. The van der Waals surface area contributed by atoms with Crippen LogP contribution in [0.4, 0.5) is 13.2 Å². The summed E-state index contributed by atoms with van der Waals surface area (Å²) < 4.78 is 42.4. The molecule has 0 radical (unpaired) electrons. The first-order chi connectivity index (χ1) is 13.2. The van der Waals surface area contributed by atoms with Gasteiger partial charge in [0.25, 0.3) is 11.5 Å². The molecule has 0 saturated carbocycles. The van der Waals surface area contributed by atoms with E-state index in [1.54, 1.807) is 6.92 Å². The number of hydrogen-bond donors (Lipinski definition) is 1. The van der Waals surface area contributed by atoms with Gasteiger partial charge in [0.15, 0.2) is 11.4 Å². The molecule has 0 bridgehead atoms. The molecular weight excluding hydrogens is 399 g/mol. The molecule has 0 fully saturated rings. The molecule has 2 heterocycles. The number of carbonyl (C=O) groups excluding carboxylic acids is 1. The first-order valence-corrected chi connectivity index (χ1v) is 8.40. The number of pyridine rings is 1. The van der Waals surface area contributed by atoms with Crippen molar-refractivity contribution < 1.29 is 18.0 Å². The maximum Gasteiger partial charge on any atom is 0.435 e. The van der Waals surface area contributed by atoms with Crippen molar-refractivity contribution in [2.75, 3.05) is 6.54 Å². The van der Waals surface area contributed by atoms with Gasteiger partial charge in [-0.3, -0.25) is 14.2 Å². The Morgan fingerprint density at radius 2 is 1.82 bits per heavy atom. The Kier molecular flexibility index (Phi) is 5.23. The minimum absolute atomic E-state index is 0.0288. The summed E-state index contributed by atoms with van der Waals surface area (Å²) in [7, 11) is 0. The van der Waals surface area contributed by atoms with Crippen LogP contribution in [0.3, 0.4) is 0 Å². The molecule has 1 amide bonds. The van der Waals surface area contributed by atoms with Gasteiger partial charge in [0.05, 0.1) is 5.69 Å². The zero-order valence-electron chi connectivity index (χ0n) is 14.4. The fourth-order valence-electron chi connectivity index (χ4n) is 2.54. The van der Waals surface area contributed by atoms with Crippen molar-refractivity contribution in [1.82, 2.24) is 24.9 Å². The molecule has 1 N–H and O–H groups in total. The molecule has 2 aromatic heterocycles. The summed E-state index contributed by atoms with van der Waals surface area (Å²) in [6.45, 7) is 1.72. The predicted molar refractivity (Wildman–Crippen MR) is 95.0 cm³/mol. The van der Waals surface area contributed by atoms with Crippen molar-refractivity contribution in [1.29, 1.82) is 0 Å². The topological polar surface area (TPSA) is 81.8 Å². The van der Waals surface area contributed by atoms with Crippen LogP contribution in [0.5, 0.6) is 0 Å². The second-order valence-corrected chi connectivity index (χ2v) is 6.06. The van der Waals surface area contributed by atoms with Crippen LogP contribution in [0, 0.1) is 0 Å². The van der Waals surface area contributed by atoms with Gasteiger partial charge in [-0.05, 0) is 37.3 Å². The Hall–Kier alpha value is -3.14. The van der Waals surface area contributed by atoms with E-state index in [0.717, 1.165) is 0 Å². The highest BCUT2D eigenvalue weighted by Crippen LogP contribution is 2.32. The van der Waals surface area contributed by atoms with E-state index in [1.807, 2.05) is 0 Å². The van der Waals surface area contributed by atoms with Gasteiger partial charge in [-0.1, -0.05) is 16.8 Å². The van der Waals surface area contributed by atoms with E-state index >= 15 is 0 Å². The number of halogens is 4. The zero-order chi connectivity index (χ0) is 20.5. The van der Waals surface area contributed by atoms with Crippen molar-refractivity contribution in [2.24, 2.45) is 0 Å². The van der Waals surface area contributed by atoms with E-state index in [-0.39, 0.29) is 17.3 Å². The van der Waals surface area contributed by atoms with Gasteiger partial charge in [-0.25, -0.2) is 4.68 Å². The molecule has 0 spiro atoms. The molecule has 3 rings (SSSR count). The first kappa shape index (κ1) is 19.6. The van der Waals surface area contributed by atoms with E-state index in [0.29, 0.717) is 10.4 Å². The summed E-state index contributed by atoms with van der Waals surface area (Å²) >= 11 is 5.75. The van der Waals surface area contributed by atoms with Crippen LogP contribution >= 0.6 is 11.6 Å². The van der Waals surface area contributed by atoms with Crippen molar-refractivity contribution in [3.8, 4) is 11.4 Å². The van der Waals surface area contributed by atoms with Crippen molar-refractivity contribution in [2.45, 2.75) is 13.1 Å². The van der Waals surface area contributed by atoms with Crippen molar-refractivity contribution in [3.05, 3.63) is 69.4 Å². The molecule has 7 nitrogen and oxygen atoms in total. The number of aromatic nitrogens is 4. The Balaban J connectivity index is 2.05. The molecule has 0 atom stereocenters. The maximum absolute atomic E-state index is 13.5. The van der Waals surface area contributed by atoms with E-state index < -0.39 is 29.0 Å². The Bertz CT molecular complexity index is 1070. The van der Waals surface area contributed by atoms with E-state index in [2.05, 4.69) is 15.6 Å². The van der Waals surface area contributed by atoms with Gasteiger partial charge in [-0.2, -0.15) is 13.2 Å². The fourth-order valence-corrected chi connectivity index (χ4v) is 2.69. The average molecular weight is 412 g/mol. The van der Waals surface area contributed by atoms with Crippen LogP contribution in [0.2, 0.25) is 5.02 Å². The lowest BCUT2D eigenvalue weighted by Crippen LogP contribution is -2.27. The first-order valence-electron chi connectivity index (χ1n) is 8.02. The summed E-state index contributed by atoms with van der Waals surface area (Å²) in [6.07, 6.45) is -3.40. The summed E-state index contributed by atoms with van der Waals surface area (Å²) in [5.41, 5.74) is -2.04. The van der Waals surface area contributed by atoms with Crippen LogP contribution in [0.1, 0.15) is 23.1 Å². The van der Waals surface area contributed by atoms with E-state index in [9.17, 15) is 22.8 Å². The lowest BCUT2D eigenvalue weighted by Gasteiger charge is -2.12. The molecule has 3 aromatic rings. The Labute approximate surface area is 161 Å². The SMILES string of the molecule is CCNC(=O)c1nnn(-c2ccc(-n3ccc(Cl)cc3=O)cc2)c1C(F)(F)F. The lowest BCUT2D eigenvalue weighted by molar-refractivity contribution is -0.143. The highest BCUT2D eigenvalue weighted by Gasteiger charge is 2.41. The zero-order valence-corrected chi connectivity index (χ0v) is 15.1. The van der Waals surface area contributed by atoms with E-state index in [1.165, 1.54) is 47.2 Å². The molecule has 146 valence electrons. The summed E-state index contributed by atoms with van der Waals surface area (Å²) in [4.78, 5) is 23.9. The van der Waals surface area contributed by atoms with Crippen LogP contribution in [0.15, 0.2) is 47.4 Å². The molecule has 0 saturated heterocycles. The quantitative estimate of drug-likeness (QED) is 0.715. The summed E-state index contributed by atoms with van der Waals surface area (Å²) in [6, 6.07) is 8.28. The third kappa shape index (κ3) is 3.77. The number of alkyl halides is 3. The van der Waals surface area contributed by atoms with Crippen LogP contribution in [0.25, 0.3) is 11.4 Å². The second kappa shape index (κ2) is 7.47. The summed E-state index contributed by atoms with van der Waals surface area (Å²) in [5, 5.41) is 9.43. The van der Waals surface area contributed by atoms with Crippen LogP contribution in [-0.4, -0.2) is 32.0 Å². The van der Waals surface area contributed by atoms with Gasteiger partial charge in [0, 0.05) is 29.5 Å². The minimum Gasteiger partial charge on any atom is -0.351 e. The van der Waals surface area contributed by atoms with Crippen molar-refractivity contribution in [3.63, 3.8) is 0 Å². The Morgan fingerprint density at radius 1 is 1.18 bits per heavy atom. The molecule has 0 aliphatic rings. The van der Waals surface area contributed by atoms with Gasteiger partial charge in [0.1, 0.15) is 0 Å². The molecule has 1 aromatic carbocycles. The van der Waals surface area contributed by atoms with Gasteiger partial charge in [-0.15, -0.1) is 5.10 Å². The number of amides is 1. The predicted octanol–water partition coefficient (Wildman–Crippen LogP) is 2.84. The molecule has 0 aliphatic heterocycles. The van der Waals surface area contributed by atoms with Crippen molar-refractivity contribution >= 4 is 17.5 Å². The average Bonchev–Trinajstić information content (AvgIpc) is 3.08. The number of nitrogens with zero attached hydrogens (tertiary/aromatic N) is 4. The molecule has 0 unspecified atom stereocenters. The third-order valence-corrected chi connectivity index (χ3v) is 3.98. The minimum atomic E-state index is -4.85. The van der Waals surface area contributed by atoms with Gasteiger partial charge < -0.3 is 5.32 Å². The molecule has 0 aliphatic carbocycles. The lowest BCUT2D eigenvalue weighted by atomic mass is 10.2. The fraction of sp³-hybridized carbons (Fsp3) is 0.176. The number of nitrogens with one attached hydrogen (secondary N) is 1. The smallest absolute Gasteiger partial charge is 0.351 e. The molecule has 28 heavy (non-hydrogen) atoms. The van der Waals surface area contributed by atoms with Crippen LogP contribution in [-0.2, 0) is 6.18 Å². The highest BCUT2D eigenvalue weighted by atomic mass is 35.5. The maximum atomic E-state index is 13.5. The normalized spacial score (nSPS) is 11.5. The number of rotatable bonds is 4. The Morgan fingerprint density at radius 3 is 2.39 bits per heavy atom. The third-order valence-electron chi connectivity index (χ3n) is 3.75. The largest absolute Gasteiger partial charge is 0.435 e. The molecular formula is C17H13ClF3N5O2. The second-order valence-electron chi connectivity index (χ2n) is 5.63. The highest BCUT2D eigenvalue weighted by molar-refractivity contribution is 6.30. The van der Waals surface area contributed by atoms with Crippen LogP contribution < -0.4 is 10.9 Å². The number of carbonyl (C=O) groups is 1. The van der Waals surface area contributed by atoms with Gasteiger partial charge in [0.2, 0.25) is 0 Å². The number of hydrogen-bond acceptors (Lipinski definition) is 4. The van der Waals surface area contributed by atoms with Gasteiger partial charge >= 0.3 is 6.18 Å².